The lowest BCUT2D eigenvalue weighted by molar-refractivity contribution is -0.143. The number of fused-ring (bicyclic) bond motifs is 5. The average molecular weight is 389 g/mol. The Hall–Kier alpha value is -1.95. The predicted molar refractivity (Wildman–Crippen MR) is 91.9 cm³/mol. The SMILES string of the molecule is Cc1cc(NC(=O)CN2C(=O)[C@@H]3[C@H](C2=O)[C@H]2C=C[C@H]3C2)ccc1Br. The highest BCUT2D eigenvalue weighted by Gasteiger charge is 2.59. The molecular weight excluding hydrogens is 372 g/mol. The van der Waals surface area contributed by atoms with E-state index in [4.69, 9.17) is 0 Å². The summed E-state index contributed by atoms with van der Waals surface area (Å²) >= 11 is 3.41. The summed E-state index contributed by atoms with van der Waals surface area (Å²) in [5.74, 6) is -0.908. The number of imide groups is 1. The molecule has 0 radical (unpaired) electrons. The molecule has 0 aromatic heterocycles. The van der Waals surface area contributed by atoms with Gasteiger partial charge in [0.25, 0.3) is 0 Å². The van der Waals surface area contributed by atoms with E-state index < -0.39 is 0 Å². The number of aryl methyl sites for hydroxylation is 1. The van der Waals surface area contributed by atoms with Crippen molar-refractivity contribution in [3.63, 3.8) is 0 Å². The van der Waals surface area contributed by atoms with E-state index in [-0.39, 0.29) is 47.9 Å². The number of benzene rings is 1. The zero-order valence-electron chi connectivity index (χ0n) is 13.2. The van der Waals surface area contributed by atoms with Gasteiger partial charge in [-0.1, -0.05) is 28.1 Å². The Morgan fingerprint density at radius 1 is 1.21 bits per heavy atom. The fourth-order valence-electron chi connectivity index (χ4n) is 4.19. The van der Waals surface area contributed by atoms with Crippen molar-refractivity contribution in [1.82, 2.24) is 4.90 Å². The predicted octanol–water partition coefficient (Wildman–Crippen LogP) is 2.50. The van der Waals surface area contributed by atoms with Crippen molar-refractivity contribution in [2.45, 2.75) is 13.3 Å². The Bertz CT molecular complexity index is 758. The monoisotopic (exact) mass is 388 g/mol. The number of carbonyl (C=O) groups is 3. The molecular formula is C18H17BrN2O3. The summed E-state index contributed by atoms with van der Waals surface area (Å²) in [6, 6.07) is 5.47. The van der Waals surface area contributed by atoms with Crippen LogP contribution in [0.5, 0.6) is 0 Å². The summed E-state index contributed by atoms with van der Waals surface area (Å²) < 4.78 is 0.959. The zero-order valence-corrected chi connectivity index (χ0v) is 14.7. The van der Waals surface area contributed by atoms with Gasteiger partial charge in [-0.2, -0.15) is 0 Å². The lowest BCUT2D eigenvalue weighted by Gasteiger charge is -2.17. The summed E-state index contributed by atoms with van der Waals surface area (Å²) in [5, 5.41) is 2.76. The van der Waals surface area contributed by atoms with E-state index in [1.54, 1.807) is 6.07 Å². The van der Waals surface area contributed by atoms with Gasteiger partial charge in [0, 0.05) is 10.2 Å². The molecule has 5 nitrogen and oxygen atoms in total. The number of hydrogen-bond acceptors (Lipinski definition) is 3. The minimum atomic E-state index is -0.348. The minimum absolute atomic E-state index is 0.165. The van der Waals surface area contributed by atoms with Crippen LogP contribution < -0.4 is 5.32 Å². The normalized spacial score (nSPS) is 30.2. The molecule has 0 unspecified atom stereocenters. The number of anilines is 1. The summed E-state index contributed by atoms with van der Waals surface area (Å²) in [4.78, 5) is 38.5. The molecule has 6 heteroatoms. The van der Waals surface area contributed by atoms with Crippen LogP contribution in [0.2, 0.25) is 0 Å². The number of hydrogen-bond donors (Lipinski definition) is 1. The van der Waals surface area contributed by atoms with Gasteiger partial charge >= 0.3 is 0 Å². The lowest BCUT2D eigenvalue weighted by atomic mass is 9.85. The molecule has 2 aliphatic carbocycles. The number of halogens is 1. The van der Waals surface area contributed by atoms with Crippen LogP contribution in [0, 0.1) is 30.6 Å². The molecule has 1 N–H and O–H groups in total. The van der Waals surface area contributed by atoms with Gasteiger partial charge in [-0.25, -0.2) is 0 Å². The first-order valence-corrected chi connectivity index (χ1v) is 8.84. The van der Waals surface area contributed by atoms with Crippen molar-refractivity contribution in [2.24, 2.45) is 23.7 Å². The van der Waals surface area contributed by atoms with E-state index >= 15 is 0 Å². The number of rotatable bonds is 3. The molecule has 1 aromatic rings. The standard InChI is InChI=1S/C18H17BrN2O3/c1-9-6-12(4-5-13(9)19)20-14(22)8-21-17(23)15-10-2-3-11(7-10)16(15)18(21)24/h2-6,10-11,15-16H,7-8H2,1H3,(H,20,22)/t10-,11-,15-,16+/m0/s1. The lowest BCUT2D eigenvalue weighted by Crippen LogP contribution is -2.39. The largest absolute Gasteiger partial charge is 0.325 e. The summed E-state index contributed by atoms with van der Waals surface area (Å²) in [5.41, 5.74) is 1.65. The van der Waals surface area contributed by atoms with Crippen LogP contribution in [-0.2, 0) is 14.4 Å². The smallest absolute Gasteiger partial charge is 0.244 e. The van der Waals surface area contributed by atoms with E-state index in [1.807, 2.05) is 31.2 Å². The molecule has 0 spiro atoms. The van der Waals surface area contributed by atoms with Crippen LogP contribution in [0.1, 0.15) is 12.0 Å². The van der Waals surface area contributed by atoms with Crippen molar-refractivity contribution < 1.29 is 14.4 Å². The highest BCUT2D eigenvalue weighted by Crippen LogP contribution is 2.52. The van der Waals surface area contributed by atoms with Crippen LogP contribution in [0.3, 0.4) is 0 Å². The topological polar surface area (TPSA) is 66.5 Å². The molecule has 3 aliphatic rings. The zero-order chi connectivity index (χ0) is 17.0. The van der Waals surface area contributed by atoms with E-state index in [9.17, 15) is 14.4 Å². The molecule has 1 aliphatic heterocycles. The fourth-order valence-corrected chi connectivity index (χ4v) is 4.43. The summed E-state index contributed by atoms with van der Waals surface area (Å²) in [7, 11) is 0. The second-order valence-electron chi connectivity index (χ2n) is 6.77. The Morgan fingerprint density at radius 2 is 1.83 bits per heavy atom. The third kappa shape index (κ3) is 2.32. The van der Waals surface area contributed by atoms with Crippen LogP contribution in [0.4, 0.5) is 5.69 Å². The molecule has 2 bridgehead atoms. The van der Waals surface area contributed by atoms with Crippen LogP contribution >= 0.6 is 15.9 Å². The Kier molecular flexibility index (Phi) is 3.60. The Morgan fingerprint density at radius 3 is 2.42 bits per heavy atom. The van der Waals surface area contributed by atoms with Gasteiger partial charge in [0.2, 0.25) is 17.7 Å². The van der Waals surface area contributed by atoms with Crippen LogP contribution in [-0.4, -0.2) is 29.2 Å². The first kappa shape index (κ1) is 15.6. The number of allylic oxidation sites excluding steroid dienone is 2. The maximum atomic E-state index is 12.6. The fraction of sp³-hybridized carbons (Fsp3) is 0.389. The molecule has 24 heavy (non-hydrogen) atoms. The van der Waals surface area contributed by atoms with E-state index in [2.05, 4.69) is 21.2 Å². The highest BCUT2D eigenvalue weighted by molar-refractivity contribution is 9.10. The molecule has 124 valence electrons. The highest BCUT2D eigenvalue weighted by atomic mass is 79.9. The third-order valence-corrected chi connectivity index (χ3v) is 6.19. The number of nitrogens with zero attached hydrogens (tertiary/aromatic N) is 1. The van der Waals surface area contributed by atoms with Crippen molar-refractivity contribution >= 4 is 39.3 Å². The van der Waals surface area contributed by atoms with Crippen molar-refractivity contribution in [3.05, 3.63) is 40.4 Å². The van der Waals surface area contributed by atoms with E-state index in [1.165, 1.54) is 0 Å². The number of nitrogens with one attached hydrogen (secondary N) is 1. The number of likely N-dealkylation sites (tertiary alicyclic amines) is 1. The van der Waals surface area contributed by atoms with Gasteiger partial charge in [-0.15, -0.1) is 0 Å². The van der Waals surface area contributed by atoms with E-state index in [0.29, 0.717) is 5.69 Å². The maximum absolute atomic E-state index is 12.6. The average Bonchev–Trinajstić information content (AvgIpc) is 3.21. The van der Waals surface area contributed by atoms with Gasteiger partial charge < -0.3 is 5.32 Å². The molecule has 1 aromatic carbocycles. The van der Waals surface area contributed by atoms with Gasteiger partial charge in [0.1, 0.15) is 6.54 Å². The maximum Gasteiger partial charge on any atom is 0.244 e. The quantitative estimate of drug-likeness (QED) is 0.638. The molecule has 2 fully saturated rings. The first-order chi connectivity index (χ1) is 11.5. The first-order valence-electron chi connectivity index (χ1n) is 8.05. The Balaban J connectivity index is 1.46. The van der Waals surface area contributed by atoms with E-state index in [0.717, 1.165) is 21.4 Å². The summed E-state index contributed by atoms with van der Waals surface area (Å²) in [6.45, 7) is 1.72. The second kappa shape index (κ2) is 5.55. The Labute approximate surface area is 148 Å². The van der Waals surface area contributed by atoms with Gasteiger partial charge in [0.15, 0.2) is 0 Å². The van der Waals surface area contributed by atoms with Gasteiger partial charge in [-0.05, 0) is 48.9 Å². The number of amides is 3. The third-order valence-electron chi connectivity index (χ3n) is 5.31. The van der Waals surface area contributed by atoms with Crippen LogP contribution in [0.25, 0.3) is 0 Å². The second-order valence-corrected chi connectivity index (χ2v) is 7.63. The van der Waals surface area contributed by atoms with Crippen molar-refractivity contribution in [1.29, 1.82) is 0 Å². The molecule has 1 saturated carbocycles. The summed E-state index contributed by atoms with van der Waals surface area (Å²) in [6.07, 6.45) is 4.99. The molecule has 1 heterocycles. The van der Waals surface area contributed by atoms with Gasteiger partial charge in [0.05, 0.1) is 11.8 Å². The molecule has 1 saturated heterocycles. The molecule has 4 rings (SSSR count). The van der Waals surface area contributed by atoms with Crippen molar-refractivity contribution in [3.8, 4) is 0 Å². The van der Waals surface area contributed by atoms with Crippen LogP contribution in [0.15, 0.2) is 34.8 Å². The number of carbonyl (C=O) groups excluding carboxylic acids is 3. The minimum Gasteiger partial charge on any atom is -0.325 e. The molecule has 4 atom stereocenters. The van der Waals surface area contributed by atoms with Gasteiger partial charge in [-0.3, -0.25) is 19.3 Å². The van der Waals surface area contributed by atoms with Crippen molar-refractivity contribution in [2.75, 3.05) is 11.9 Å². The molecule has 3 amide bonds.